The first-order valence-corrected chi connectivity index (χ1v) is 4.14. The number of rotatable bonds is 2. The van der Waals surface area contributed by atoms with Crippen LogP contribution >= 0.6 is 0 Å². The van der Waals surface area contributed by atoms with E-state index < -0.39 is 0 Å². The van der Waals surface area contributed by atoms with E-state index in [9.17, 15) is 0 Å². The highest BCUT2D eigenvalue weighted by molar-refractivity contribution is 5.36. The summed E-state index contributed by atoms with van der Waals surface area (Å²) in [6.07, 6.45) is 0. The molecule has 1 atom stereocenters. The molecular formula is C10H13NO. The molecule has 12 heavy (non-hydrogen) atoms. The van der Waals surface area contributed by atoms with E-state index in [4.69, 9.17) is 4.74 Å². The zero-order valence-electron chi connectivity index (χ0n) is 7.42. The summed E-state index contributed by atoms with van der Waals surface area (Å²) < 4.78 is 5.15. The summed E-state index contributed by atoms with van der Waals surface area (Å²) in [4.78, 5) is 0. The van der Waals surface area contributed by atoms with Gasteiger partial charge in [-0.15, -0.1) is 0 Å². The van der Waals surface area contributed by atoms with Gasteiger partial charge in [0.15, 0.2) is 0 Å². The molecule has 0 radical (unpaired) electrons. The maximum atomic E-state index is 5.15. The molecule has 64 valence electrons. The van der Waals surface area contributed by atoms with Crippen molar-refractivity contribution >= 4 is 0 Å². The maximum absolute atomic E-state index is 5.15. The van der Waals surface area contributed by atoms with Gasteiger partial charge in [0.05, 0.1) is 12.6 Å². The van der Waals surface area contributed by atoms with Crippen molar-refractivity contribution in [1.29, 1.82) is 0 Å². The molecule has 2 heteroatoms. The zero-order valence-corrected chi connectivity index (χ0v) is 7.42. The van der Waals surface area contributed by atoms with Crippen LogP contribution in [0.4, 0.5) is 0 Å². The Kier molecular flexibility index (Phi) is 1.58. The highest BCUT2D eigenvalue weighted by Crippen LogP contribution is 2.31. The molecule has 1 heterocycles. The predicted octanol–water partition coefficient (Wildman–Crippen LogP) is 1.51. The van der Waals surface area contributed by atoms with E-state index in [1.54, 1.807) is 7.11 Å². The lowest BCUT2D eigenvalue weighted by molar-refractivity contribution is 0.413. The number of ether oxygens (including phenoxy) is 1. The van der Waals surface area contributed by atoms with Crippen molar-refractivity contribution in [2.24, 2.45) is 0 Å². The summed E-state index contributed by atoms with van der Waals surface area (Å²) in [5.41, 5.74) is 1.51. The van der Waals surface area contributed by atoms with Crippen LogP contribution < -0.4 is 10.1 Å². The SMILES string of the molecule is COc1cccc(C2(C)CN2)c1. The molecule has 1 fully saturated rings. The zero-order chi connectivity index (χ0) is 8.60. The fourth-order valence-corrected chi connectivity index (χ4v) is 1.30. The van der Waals surface area contributed by atoms with Gasteiger partial charge in [0.1, 0.15) is 5.75 Å². The van der Waals surface area contributed by atoms with Crippen LogP contribution in [0, 0.1) is 0 Å². The first kappa shape index (κ1) is 7.62. The summed E-state index contributed by atoms with van der Waals surface area (Å²) in [6.45, 7) is 3.27. The van der Waals surface area contributed by atoms with E-state index in [1.807, 2.05) is 12.1 Å². The monoisotopic (exact) mass is 163 g/mol. The second-order valence-corrected chi connectivity index (χ2v) is 3.42. The first-order valence-electron chi connectivity index (χ1n) is 4.14. The van der Waals surface area contributed by atoms with Crippen molar-refractivity contribution in [1.82, 2.24) is 5.32 Å². The van der Waals surface area contributed by atoms with Crippen LogP contribution in [0.2, 0.25) is 0 Å². The number of hydrogen-bond donors (Lipinski definition) is 1. The topological polar surface area (TPSA) is 31.2 Å². The van der Waals surface area contributed by atoms with Crippen molar-refractivity contribution < 1.29 is 4.74 Å². The molecule has 2 nitrogen and oxygen atoms in total. The van der Waals surface area contributed by atoms with Gasteiger partial charge in [0.25, 0.3) is 0 Å². The fourth-order valence-electron chi connectivity index (χ4n) is 1.30. The van der Waals surface area contributed by atoms with Crippen molar-refractivity contribution in [2.45, 2.75) is 12.5 Å². The molecule has 0 spiro atoms. The largest absolute Gasteiger partial charge is 0.497 e. The summed E-state index contributed by atoms with van der Waals surface area (Å²) in [7, 11) is 1.70. The smallest absolute Gasteiger partial charge is 0.119 e. The first-order chi connectivity index (χ1) is 5.74. The minimum atomic E-state index is 0.203. The third-order valence-corrected chi connectivity index (χ3v) is 2.41. The molecule has 0 aliphatic carbocycles. The third kappa shape index (κ3) is 1.18. The van der Waals surface area contributed by atoms with Crippen LogP contribution in [-0.2, 0) is 5.54 Å². The lowest BCUT2D eigenvalue weighted by Crippen LogP contribution is -2.06. The van der Waals surface area contributed by atoms with E-state index in [1.165, 1.54) is 5.56 Å². The second kappa shape index (κ2) is 2.49. The second-order valence-electron chi connectivity index (χ2n) is 3.42. The molecule has 2 rings (SSSR count). The highest BCUT2D eigenvalue weighted by Gasteiger charge is 2.38. The van der Waals surface area contributed by atoms with Gasteiger partial charge >= 0.3 is 0 Å². The lowest BCUT2D eigenvalue weighted by atomic mass is 10.0. The Morgan fingerprint density at radius 2 is 2.25 bits per heavy atom. The molecule has 0 aromatic heterocycles. The Bertz CT molecular complexity index is 292. The molecule has 1 aromatic carbocycles. The van der Waals surface area contributed by atoms with E-state index in [-0.39, 0.29) is 5.54 Å². The van der Waals surface area contributed by atoms with Gasteiger partial charge in [-0.1, -0.05) is 12.1 Å². The normalized spacial score (nSPS) is 26.8. The number of nitrogens with one attached hydrogen (secondary N) is 1. The van der Waals surface area contributed by atoms with Crippen LogP contribution in [0.1, 0.15) is 12.5 Å². The van der Waals surface area contributed by atoms with Crippen molar-refractivity contribution in [3.8, 4) is 5.75 Å². The molecular weight excluding hydrogens is 150 g/mol. The average Bonchev–Trinajstić information content (AvgIpc) is 2.85. The van der Waals surface area contributed by atoms with Gasteiger partial charge in [-0.3, -0.25) is 0 Å². The number of benzene rings is 1. The fraction of sp³-hybridized carbons (Fsp3) is 0.400. The van der Waals surface area contributed by atoms with Gasteiger partial charge < -0.3 is 10.1 Å². The molecule has 1 saturated heterocycles. The Hall–Kier alpha value is -1.02. The van der Waals surface area contributed by atoms with E-state index in [2.05, 4.69) is 24.4 Å². The Morgan fingerprint density at radius 1 is 1.50 bits per heavy atom. The summed E-state index contributed by atoms with van der Waals surface area (Å²) >= 11 is 0. The Labute approximate surface area is 72.5 Å². The van der Waals surface area contributed by atoms with E-state index in [0.29, 0.717) is 0 Å². The van der Waals surface area contributed by atoms with Gasteiger partial charge in [-0.2, -0.15) is 0 Å². The van der Waals surface area contributed by atoms with Gasteiger partial charge in [0.2, 0.25) is 0 Å². The van der Waals surface area contributed by atoms with E-state index >= 15 is 0 Å². The summed E-state index contributed by atoms with van der Waals surface area (Å²) in [6, 6.07) is 8.21. The Balaban J connectivity index is 2.32. The van der Waals surface area contributed by atoms with Gasteiger partial charge in [-0.25, -0.2) is 0 Å². The van der Waals surface area contributed by atoms with Gasteiger partial charge in [-0.05, 0) is 24.6 Å². The number of hydrogen-bond acceptors (Lipinski definition) is 2. The summed E-state index contributed by atoms with van der Waals surface area (Å²) in [5, 5.41) is 3.32. The van der Waals surface area contributed by atoms with Crippen LogP contribution in [0.25, 0.3) is 0 Å². The molecule has 0 amide bonds. The lowest BCUT2D eigenvalue weighted by Gasteiger charge is -2.08. The molecule has 0 saturated carbocycles. The van der Waals surface area contributed by atoms with Gasteiger partial charge in [0, 0.05) is 6.54 Å². The van der Waals surface area contributed by atoms with Crippen LogP contribution in [0.3, 0.4) is 0 Å². The van der Waals surface area contributed by atoms with Crippen LogP contribution in [-0.4, -0.2) is 13.7 Å². The number of methoxy groups -OCH3 is 1. The minimum absolute atomic E-state index is 0.203. The molecule has 1 unspecified atom stereocenters. The maximum Gasteiger partial charge on any atom is 0.119 e. The van der Waals surface area contributed by atoms with Crippen molar-refractivity contribution in [3.63, 3.8) is 0 Å². The third-order valence-electron chi connectivity index (χ3n) is 2.41. The van der Waals surface area contributed by atoms with Crippen molar-refractivity contribution in [3.05, 3.63) is 29.8 Å². The van der Waals surface area contributed by atoms with E-state index in [0.717, 1.165) is 12.3 Å². The quantitative estimate of drug-likeness (QED) is 0.670. The van der Waals surface area contributed by atoms with Crippen LogP contribution in [0.5, 0.6) is 5.75 Å². The average molecular weight is 163 g/mol. The molecule has 1 aromatic rings. The Morgan fingerprint density at radius 3 is 2.83 bits per heavy atom. The molecule has 1 aliphatic heterocycles. The molecule has 1 aliphatic rings. The molecule has 0 bridgehead atoms. The standard InChI is InChI=1S/C10H13NO/c1-10(7-11-10)8-4-3-5-9(6-8)12-2/h3-6,11H,7H2,1-2H3. The highest BCUT2D eigenvalue weighted by atomic mass is 16.5. The summed E-state index contributed by atoms with van der Waals surface area (Å²) in [5.74, 6) is 0.933. The predicted molar refractivity (Wildman–Crippen MR) is 48.3 cm³/mol. The van der Waals surface area contributed by atoms with Crippen molar-refractivity contribution in [2.75, 3.05) is 13.7 Å². The minimum Gasteiger partial charge on any atom is -0.497 e. The molecule has 1 N–H and O–H groups in total. The van der Waals surface area contributed by atoms with Crippen LogP contribution in [0.15, 0.2) is 24.3 Å².